The molecule has 0 fully saturated rings. The first-order valence-corrected chi connectivity index (χ1v) is 5.23. The highest BCUT2D eigenvalue weighted by Crippen LogP contribution is 2.35. The van der Waals surface area contributed by atoms with E-state index in [9.17, 15) is 4.57 Å². The Balaban J connectivity index is 3.96. The molecule has 0 heterocycles. The van der Waals surface area contributed by atoms with Crippen molar-refractivity contribution in [1.29, 1.82) is 0 Å². The number of aliphatic hydroxyl groups excluding tert-OH is 3. The van der Waals surface area contributed by atoms with E-state index < -0.39 is 39.3 Å². The summed E-state index contributed by atoms with van der Waals surface area (Å²) in [5.74, 6) is 0. The average Bonchev–Trinajstić information content (AvgIpc) is 2.10. The normalized spacial score (nSPS) is 19.0. The van der Waals surface area contributed by atoms with Gasteiger partial charge in [-0.25, -0.2) is 4.57 Å². The van der Waals surface area contributed by atoms with Crippen LogP contribution in [0.5, 0.6) is 0 Å². The maximum atomic E-state index is 10.2. The molecule has 0 rings (SSSR count). The molecular weight excluding hydrogens is 217 g/mol. The predicted molar refractivity (Wildman–Crippen MR) is 45.1 cm³/mol. The summed E-state index contributed by atoms with van der Waals surface area (Å²) in [6.07, 6.45) is -3.07. The van der Waals surface area contributed by atoms with Crippen LogP contribution < -0.4 is 5.73 Å². The zero-order valence-electron chi connectivity index (χ0n) is 7.22. The summed E-state index contributed by atoms with van der Waals surface area (Å²) in [5, 5.41) is 26.7. The lowest BCUT2D eigenvalue weighted by molar-refractivity contribution is -0.0330. The van der Waals surface area contributed by atoms with E-state index >= 15 is 0 Å². The van der Waals surface area contributed by atoms with Gasteiger partial charge in [0.05, 0.1) is 25.4 Å². The van der Waals surface area contributed by atoms with Crippen molar-refractivity contribution in [2.45, 2.75) is 18.2 Å². The second-order valence-electron chi connectivity index (χ2n) is 2.69. The van der Waals surface area contributed by atoms with Gasteiger partial charge in [-0.15, -0.1) is 0 Å². The maximum Gasteiger partial charge on any atom is 0.469 e. The average molecular weight is 231 g/mol. The highest BCUT2D eigenvalue weighted by molar-refractivity contribution is 7.46. The third kappa shape index (κ3) is 5.63. The molecule has 0 aliphatic heterocycles. The Labute approximate surface area is 80.2 Å². The molecule has 0 saturated carbocycles. The van der Waals surface area contributed by atoms with Crippen molar-refractivity contribution < 1.29 is 34.2 Å². The van der Waals surface area contributed by atoms with Gasteiger partial charge in [0.25, 0.3) is 0 Å². The van der Waals surface area contributed by atoms with Crippen molar-refractivity contribution in [2.24, 2.45) is 5.73 Å². The van der Waals surface area contributed by atoms with Crippen LogP contribution in [0.15, 0.2) is 0 Å². The van der Waals surface area contributed by atoms with Gasteiger partial charge in [0.2, 0.25) is 0 Å². The van der Waals surface area contributed by atoms with E-state index in [2.05, 4.69) is 4.52 Å². The number of nitrogens with two attached hydrogens (primary N) is 1. The van der Waals surface area contributed by atoms with Crippen molar-refractivity contribution in [2.75, 3.05) is 13.2 Å². The summed E-state index contributed by atoms with van der Waals surface area (Å²) >= 11 is 0. The molecule has 0 bridgehead atoms. The zero-order chi connectivity index (χ0) is 11.4. The van der Waals surface area contributed by atoms with Gasteiger partial charge in [0.15, 0.2) is 0 Å². The number of rotatable bonds is 6. The number of phosphoric ester groups is 1. The Morgan fingerprint density at radius 2 is 1.86 bits per heavy atom. The van der Waals surface area contributed by atoms with Gasteiger partial charge < -0.3 is 30.8 Å². The SMILES string of the molecule is N[C@@H](CO)[C@H](O)[C@H](O)COP(=O)(O)O. The van der Waals surface area contributed by atoms with Crippen LogP contribution in [0.3, 0.4) is 0 Å². The Morgan fingerprint density at radius 1 is 1.36 bits per heavy atom. The van der Waals surface area contributed by atoms with E-state index in [0.29, 0.717) is 0 Å². The highest BCUT2D eigenvalue weighted by atomic mass is 31.2. The van der Waals surface area contributed by atoms with E-state index in [1.807, 2.05) is 0 Å². The molecule has 0 saturated heterocycles. The number of phosphoric acid groups is 1. The van der Waals surface area contributed by atoms with E-state index in [-0.39, 0.29) is 0 Å². The predicted octanol–water partition coefficient (Wildman–Crippen LogP) is -2.86. The Kier molecular flexibility index (Phi) is 5.72. The molecule has 0 aromatic rings. The monoisotopic (exact) mass is 231 g/mol. The fourth-order valence-electron chi connectivity index (χ4n) is 0.665. The minimum Gasteiger partial charge on any atom is -0.395 e. The van der Waals surface area contributed by atoms with Gasteiger partial charge in [0.1, 0.15) is 6.10 Å². The Hall–Kier alpha value is -0.0500. The van der Waals surface area contributed by atoms with Gasteiger partial charge in [-0.05, 0) is 0 Å². The van der Waals surface area contributed by atoms with Crippen LogP contribution >= 0.6 is 7.82 Å². The molecule has 0 amide bonds. The first-order chi connectivity index (χ1) is 6.28. The molecule has 3 atom stereocenters. The van der Waals surface area contributed by atoms with Gasteiger partial charge >= 0.3 is 7.82 Å². The van der Waals surface area contributed by atoms with Crippen LogP contribution in [0, 0.1) is 0 Å². The second-order valence-corrected chi connectivity index (χ2v) is 3.93. The third-order valence-electron chi connectivity index (χ3n) is 1.46. The summed E-state index contributed by atoms with van der Waals surface area (Å²) < 4.78 is 14.1. The van der Waals surface area contributed by atoms with Crippen molar-refractivity contribution in [3.8, 4) is 0 Å². The van der Waals surface area contributed by atoms with Crippen LogP contribution in [0.1, 0.15) is 0 Å². The molecule has 0 aromatic carbocycles. The summed E-state index contributed by atoms with van der Waals surface area (Å²) in [7, 11) is -4.67. The molecule has 14 heavy (non-hydrogen) atoms. The van der Waals surface area contributed by atoms with Gasteiger partial charge in [-0.2, -0.15) is 0 Å². The van der Waals surface area contributed by atoms with E-state index in [0.717, 1.165) is 0 Å². The molecule has 8 nitrogen and oxygen atoms in total. The first kappa shape index (κ1) is 13.9. The molecule has 0 spiro atoms. The summed E-state index contributed by atoms with van der Waals surface area (Å²) in [6, 6.07) is -1.09. The molecule has 0 unspecified atom stereocenters. The molecular formula is C5H14NO7P. The summed E-state index contributed by atoms with van der Waals surface area (Å²) in [6.45, 7) is -1.33. The quantitative estimate of drug-likeness (QED) is 0.267. The fourth-order valence-corrected chi connectivity index (χ4v) is 1.01. The summed E-state index contributed by atoms with van der Waals surface area (Å²) in [4.78, 5) is 16.5. The van der Waals surface area contributed by atoms with E-state index in [1.165, 1.54) is 0 Å². The summed E-state index contributed by atoms with van der Waals surface area (Å²) in [5.41, 5.74) is 5.15. The van der Waals surface area contributed by atoms with Crippen molar-refractivity contribution in [3.05, 3.63) is 0 Å². The maximum absolute atomic E-state index is 10.2. The van der Waals surface area contributed by atoms with Crippen LogP contribution in [-0.4, -0.2) is 56.6 Å². The second kappa shape index (κ2) is 5.74. The number of aliphatic hydroxyl groups is 3. The molecule has 0 aliphatic carbocycles. The van der Waals surface area contributed by atoms with Crippen LogP contribution in [0.4, 0.5) is 0 Å². The number of hydrogen-bond acceptors (Lipinski definition) is 6. The number of hydrogen-bond donors (Lipinski definition) is 6. The minimum atomic E-state index is -4.67. The molecule has 9 heteroatoms. The zero-order valence-corrected chi connectivity index (χ0v) is 8.12. The van der Waals surface area contributed by atoms with Crippen LogP contribution in [0.25, 0.3) is 0 Å². The lowest BCUT2D eigenvalue weighted by Crippen LogP contribution is -2.46. The molecule has 0 aliphatic rings. The van der Waals surface area contributed by atoms with Gasteiger partial charge in [0, 0.05) is 0 Å². The Morgan fingerprint density at radius 3 is 2.21 bits per heavy atom. The lowest BCUT2D eigenvalue weighted by Gasteiger charge is -2.22. The molecule has 7 N–H and O–H groups in total. The highest BCUT2D eigenvalue weighted by Gasteiger charge is 2.26. The third-order valence-corrected chi connectivity index (χ3v) is 1.94. The van der Waals surface area contributed by atoms with Crippen LogP contribution in [-0.2, 0) is 9.09 Å². The largest absolute Gasteiger partial charge is 0.469 e. The molecule has 86 valence electrons. The van der Waals surface area contributed by atoms with Crippen LogP contribution in [0.2, 0.25) is 0 Å². The van der Waals surface area contributed by atoms with Crippen molar-refractivity contribution in [1.82, 2.24) is 0 Å². The van der Waals surface area contributed by atoms with E-state index in [4.69, 9.17) is 30.8 Å². The minimum absolute atomic E-state index is 0.561. The fraction of sp³-hybridized carbons (Fsp3) is 1.00. The topological polar surface area (TPSA) is 153 Å². The standard InChI is InChI=1S/C5H14NO7P/c6-3(1-7)5(9)4(8)2-13-14(10,11)12/h3-5,7-9H,1-2,6H2,(H2,10,11,12)/t3-,4+,5-/m0/s1. The lowest BCUT2D eigenvalue weighted by atomic mass is 10.1. The smallest absolute Gasteiger partial charge is 0.395 e. The van der Waals surface area contributed by atoms with Gasteiger partial charge in [-0.3, -0.25) is 4.52 Å². The van der Waals surface area contributed by atoms with Crippen molar-refractivity contribution >= 4 is 7.82 Å². The first-order valence-electron chi connectivity index (χ1n) is 3.70. The Bertz CT molecular complexity index is 206. The van der Waals surface area contributed by atoms with E-state index in [1.54, 1.807) is 0 Å². The van der Waals surface area contributed by atoms with Gasteiger partial charge in [-0.1, -0.05) is 0 Å². The molecule has 0 aromatic heterocycles. The van der Waals surface area contributed by atoms with Crippen molar-refractivity contribution in [3.63, 3.8) is 0 Å². The molecule has 0 radical (unpaired) electrons.